The molecule has 0 aliphatic carbocycles. The summed E-state index contributed by atoms with van der Waals surface area (Å²) in [6.45, 7) is 1.06. The van der Waals surface area contributed by atoms with E-state index in [1.807, 2.05) is 54.6 Å². The summed E-state index contributed by atoms with van der Waals surface area (Å²) in [5, 5.41) is 0. The summed E-state index contributed by atoms with van der Waals surface area (Å²) in [5.74, 6) is 2.22. The Labute approximate surface area is 107 Å². The number of ether oxygens (including phenoxy) is 3. The monoisotopic (exact) mass is 244 g/mol. The van der Waals surface area contributed by atoms with Crippen LogP contribution in [0.2, 0.25) is 0 Å². The first kappa shape index (κ1) is 12.5. The maximum Gasteiger partial charge on any atom is 0.169 e. The third-order valence-corrected chi connectivity index (χ3v) is 2.37. The first-order chi connectivity index (χ1) is 8.90. The molecular weight excluding hydrogens is 228 g/mol. The number of benzene rings is 2. The lowest BCUT2D eigenvalue weighted by Crippen LogP contribution is -2.04. The summed E-state index contributed by atoms with van der Waals surface area (Å²) < 4.78 is 16.3. The Morgan fingerprint density at radius 1 is 0.778 bits per heavy atom. The van der Waals surface area contributed by atoms with E-state index in [1.54, 1.807) is 7.11 Å². The first-order valence-corrected chi connectivity index (χ1v) is 5.84. The van der Waals surface area contributed by atoms with Crippen LogP contribution in [0.1, 0.15) is 0 Å². The second kappa shape index (κ2) is 6.67. The van der Waals surface area contributed by atoms with E-state index in [4.69, 9.17) is 14.2 Å². The van der Waals surface area contributed by atoms with E-state index in [0.717, 1.165) is 11.5 Å². The minimum absolute atomic E-state index is 0.506. The van der Waals surface area contributed by atoms with E-state index >= 15 is 0 Å². The van der Waals surface area contributed by atoms with Gasteiger partial charge in [0.15, 0.2) is 11.5 Å². The molecule has 18 heavy (non-hydrogen) atoms. The van der Waals surface area contributed by atoms with Gasteiger partial charge in [0, 0.05) is 7.11 Å². The van der Waals surface area contributed by atoms with Crippen LogP contribution in [-0.4, -0.2) is 20.3 Å². The highest BCUT2D eigenvalue weighted by Crippen LogP contribution is 2.30. The molecule has 3 nitrogen and oxygen atoms in total. The molecule has 2 aromatic carbocycles. The van der Waals surface area contributed by atoms with Crippen molar-refractivity contribution in [3.8, 4) is 17.2 Å². The predicted molar refractivity (Wildman–Crippen MR) is 70.3 cm³/mol. The van der Waals surface area contributed by atoms with Crippen molar-refractivity contribution in [3.63, 3.8) is 0 Å². The number of methoxy groups -OCH3 is 1. The first-order valence-electron chi connectivity index (χ1n) is 5.84. The van der Waals surface area contributed by atoms with Gasteiger partial charge in [0.2, 0.25) is 0 Å². The zero-order valence-electron chi connectivity index (χ0n) is 10.3. The van der Waals surface area contributed by atoms with E-state index < -0.39 is 0 Å². The maximum atomic E-state index is 5.77. The highest BCUT2D eigenvalue weighted by Gasteiger charge is 2.04. The van der Waals surface area contributed by atoms with E-state index in [-0.39, 0.29) is 0 Å². The fourth-order valence-corrected chi connectivity index (χ4v) is 1.50. The predicted octanol–water partition coefficient (Wildman–Crippen LogP) is 3.50. The van der Waals surface area contributed by atoms with Crippen LogP contribution in [0.4, 0.5) is 0 Å². The highest BCUT2D eigenvalue weighted by atomic mass is 16.5. The number of para-hydroxylation sites is 3. The molecular formula is C15H16O3. The molecule has 0 aliphatic heterocycles. The molecule has 0 unspecified atom stereocenters. The van der Waals surface area contributed by atoms with E-state index in [9.17, 15) is 0 Å². The van der Waals surface area contributed by atoms with Gasteiger partial charge in [0.05, 0.1) is 6.61 Å². The molecule has 0 bridgehead atoms. The van der Waals surface area contributed by atoms with Gasteiger partial charge in [0.1, 0.15) is 12.4 Å². The van der Waals surface area contributed by atoms with Crippen LogP contribution < -0.4 is 9.47 Å². The lowest BCUT2D eigenvalue weighted by Gasteiger charge is -2.11. The largest absolute Gasteiger partial charge is 0.487 e. The molecule has 0 saturated carbocycles. The summed E-state index contributed by atoms with van der Waals surface area (Å²) in [6.07, 6.45) is 0. The van der Waals surface area contributed by atoms with Crippen molar-refractivity contribution in [2.45, 2.75) is 0 Å². The molecule has 0 heterocycles. The fourth-order valence-electron chi connectivity index (χ4n) is 1.50. The molecule has 3 heteroatoms. The molecule has 0 aliphatic rings. The summed E-state index contributed by atoms with van der Waals surface area (Å²) >= 11 is 0. The van der Waals surface area contributed by atoms with E-state index in [1.165, 1.54) is 0 Å². The maximum absolute atomic E-state index is 5.77. The van der Waals surface area contributed by atoms with Gasteiger partial charge < -0.3 is 14.2 Å². The topological polar surface area (TPSA) is 27.7 Å². The minimum Gasteiger partial charge on any atom is -0.487 e. The highest BCUT2D eigenvalue weighted by molar-refractivity contribution is 5.42. The Morgan fingerprint density at radius 2 is 1.44 bits per heavy atom. The molecule has 0 spiro atoms. The van der Waals surface area contributed by atoms with Gasteiger partial charge in [-0.3, -0.25) is 0 Å². The SMILES string of the molecule is COCCOc1ccccc1Oc1ccccc1. The summed E-state index contributed by atoms with van der Waals surface area (Å²) in [4.78, 5) is 0. The van der Waals surface area contributed by atoms with Gasteiger partial charge in [-0.05, 0) is 24.3 Å². The Bertz CT molecular complexity index is 468. The van der Waals surface area contributed by atoms with Crippen LogP contribution in [-0.2, 0) is 4.74 Å². The Hall–Kier alpha value is -2.00. The third kappa shape index (κ3) is 3.50. The van der Waals surface area contributed by atoms with Crippen LogP contribution in [0.3, 0.4) is 0 Å². The Morgan fingerprint density at radius 3 is 2.17 bits per heavy atom. The van der Waals surface area contributed by atoms with Crippen LogP contribution >= 0.6 is 0 Å². The quantitative estimate of drug-likeness (QED) is 0.728. The van der Waals surface area contributed by atoms with Gasteiger partial charge in [-0.2, -0.15) is 0 Å². The molecule has 0 fully saturated rings. The lowest BCUT2D eigenvalue weighted by atomic mass is 10.3. The zero-order valence-corrected chi connectivity index (χ0v) is 10.3. The standard InChI is InChI=1S/C15H16O3/c1-16-11-12-17-14-9-5-6-10-15(14)18-13-7-3-2-4-8-13/h2-10H,11-12H2,1H3. The molecule has 0 aromatic heterocycles. The smallest absolute Gasteiger partial charge is 0.169 e. The average molecular weight is 244 g/mol. The van der Waals surface area contributed by atoms with Gasteiger partial charge >= 0.3 is 0 Å². The van der Waals surface area contributed by atoms with Crippen molar-refractivity contribution in [3.05, 3.63) is 54.6 Å². The van der Waals surface area contributed by atoms with Crippen LogP contribution in [0, 0.1) is 0 Å². The molecule has 94 valence electrons. The van der Waals surface area contributed by atoms with Crippen molar-refractivity contribution in [1.29, 1.82) is 0 Å². The summed E-state index contributed by atoms with van der Waals surface area (Å²) in [5.41, 5.74) is 0. The molecule has 0 saturated heterocycles. The third-order valence-electron chi connectivity index (χ3n) is 2.37. The van der Waals surface area contributed by atoms with E-state index in [2.05, 4.69) is 0 Å². The van der Waals surface area contributed by atoms with Crippen LogP contribution in [0.5, 0.6) is 17.2 Å². The molecule has 0 radical (unpaired) electrons. The molecule has 0 N–H and O–H groups in total. The van der Waals surface area contributed by atoms with Crippen molar-refractivity contribution in [2.24, 2.45) is 0 Å². The summed E-state index contributed by atoms with van der Waals surface area (Å²) in [7, 11) is 1.65. The Kier molecular flexibility index (Phi) is 4.61. The second-order valence-electron chi connectivity index (χ2n) is 3.70. The molecule has 0 atom stereocenters. The van der Waals surface area contributed by atoms with Crippen molar-refractivity contribution >= 4 is 0 Å². The normalized spacial score (nSPS) is 10.1. The van der Waals surface area contributed by atoms with Gasteiger partial charge in [0.25, 0.3) is 0 Å². The van der Waals surface area contributed by atoms with E-state index in [0.29, 0.717) is 19.0 Å². The van der Waals surface area contributed by atoms with Crippen LogP contribution in [0.25, 0.3) is 0 Å². The minimum atomic E-state index is 0.506. The Balaban J connectivity index is 2.07. The summed E-state index contributed by atoms with van der Waals surface area (Å²) in [6, 6.07) is 17.2. The van der Waals surface area contributed by atoms with Crippen molar-refractivity contribution < 1.29 is 14.2 Å². The number of rotatable bonds is 6. The average Bonchev–Trinajstić information content (AvgIpc) is 2.42. The molecule has 2 rings (SSSR count). The molecule has 0 amide bonds. The number of hydrogen-bond acceptors (Lipinski definition) is 3. The number of hydrogen-bond donors (Lipinski definition) is 0. The lowest BCUT2D eigenvalue weighted by molar-refractivity contribution is 0.144. The van der Waals surface area contributed by atoms with Crippen LogP contribution in [0.15, 0.2) is 54.6 Å². The second-order valence-corrected chi connectivity index (χ2v) is 3.70. The fraction of sp³-hybridized carbons (Fsp3) is 0.200. The van der Waals surface area contributed by atoms with Crippen molar-refractivity contribution in [2.75, 3.05) is 20.3 Å². The van der Waals surface area contributed by atoms with Crippen molar-refractivity contribution in [1.82, 2.24) is 0 Å². The zero-order chi connectivity index (χ0) is 12.6. The van der Waals surface area contributed by atoms with Gasteiger partial charge in [-0.25, -0.2) is 0 Å². The van der Waals surface area contributed by atoms with Gasteiger partial charge in [-0.15, -0.1) is 0 Å². The van der Waals surface area contributed by atoms with Gasteiger partial charge in [-0.1, -0.05) is 30.3 Å². The molecule has 2 aromatic rings.